The molecule has 0 N–H and O–H groups in total. The first kappa shape index (κ1) is 50.9. The van der Waals surface area contributed by atoms with Crippen molar-refractivity contribution in [1.29, 1.82) is 0 Å². The summed E-state index contributed by atoms with van der Waals surface area (Å²) in [6.07, 6.45) is 21.2. The predicted molar refractivity (Wildman–Crippen MR) is 270 cm³/mol. The summed E-state index contributed by atoms with van der Waals surface area (Å²) >= 11 is 0. The molecule has 374 valence electrons. The molecule has 0 amide bonds. The second-order valence-electron chi connectivity index (χ2n) is 22.6. The molecule has 3 aromatic rings. The van der Waals surface area contributed by atoms with Crippen LogP contribution in [0.2, 0.25) is 0 Å². The number of allylic oxidation sites excluding steroid dienone is 1. The molecule has 9 nitrogen and oxygen atoms in total. The molecule has 0 spiro atoms. The standard InChI is InChI=1S/C60H80O9/c1-7-60(39-65-40-60)38-64-35-10-8-9-11-36-66-47-22-15-43(16-23-47)55(61)67-48-24-17-44(18-25-48)56(62)68-49-26-19-45(20-27-49)57(63)69-50-31-33-58(5)46(37-50)21-28-51-53-30-29-52(42(4)14-12-13-41(2)3)59(53,6)34-32-54(51)58/h15-27,41-42,50-54H,7-14,28-40H2,1-6H3. The minimum Gasteiger partial charge on any atom is -0.494 e. The molecule has 4 fully saturated rings. The van der Waals surface area contributed by atoms with Crippen LogP contribution in [0.4, 0.5) is 0 Å². The summed E-state index contributed by atoms with van der Waals surface area (Å²) in [4.78, 5) is 39.3. The van der Waals surface area contributed by atoms with Gasteiger partial charge in [-0.1, -0.05) is 78.9 Å². The molecule has 1 saturated heterocycles. The number of hydrogen-bond donors (Lipinski definition) is 0. The maximum atomic E-state index is 13.4. The van der Waals surface area contributed by atoms with Crippen molar-refractivity contribution in [2.45, 2.75) is 150 Å². The number of unbranched alkanes of at least 4 members (excludes halogenated alkanes) is 3. The van der Waals surface area contributed by atoms with Crippen molar-refractivity contribution in [3.63, 3.8) is 0 Å². The number of fused-ring (bicyclic) bond motifs is 5. The molecule has 0 radical (unpaired) electrons. The summed E-state index contributed by atoms with van der Waals surface area (Å²) < 4.78 is 34.5. The highest BCUT2D eigenvalue weighted by Gasteiger charge is 2.59. The Hall–Kier alpha value is -4.47. The number of esters is 3. The Balaban J connectivity index is 0.737. The normalized spacial score (nSPS) is 27.2. The molecule has 4 aliphatic carbocycles. The molecule has 8 unspecified atom stereocenters. The van der Waals surface area contributed by atoms with E-state index in [2.05, 4.69) is 47.6 Å². The van der Waals surface area contributed by atoms with Gasteiger partial charge in [-0.15, -0.1) is 0 Å². The molecular formula is C60H80O9. The zero-order valence-electron chi connectivity index (χ0n) is 42.6. The number of rotatable bonds is 22. The van der Waals surface area contributed by atoms with Crippen LogP contribution in [0.5, 0.6) is 17.2 Å². The van der Waals surface area contributed by atoms with E-state index in [1.54, 1.807) is 72.8 Å². The average Bonchev–Trinajstić information content (AvgIpc) is 3.69. The lowest BCUT2D eigenvalue weighted by Crippen LogP contribution is -2.51. The molecule has 1 aliphatic heterocycles. The van der Waals surface area contributed by atoms with Crippen LogP contribution in [0.15, 0.2) is 84.4 Å². The summed E-state index contributed by atoms with van der Waals surface area (Å²) in [5.41, 5.74) is 3.52. The molecule has 8 rings (SSSR count). The van der Waals surface area contributed by atoms with Gasteiger partial charge in [-0.25, -0.2) is 14.4 Å². The first-order valence-corrected chi connectivity index (χ1v) is 26.7. The highest BCUT2D eigenvalue weighted by Crippen LogP contribution is 2.67. The van der Waals surface area contributed by atoms with Crippen molar-refractivity contribution in [1.82, 2.24) is 0 Å². The van der Waals surface area contributed by atoms with E-state index in [-0.39, 0.29) is 22.9 Å². The summed E-state index contributed by atoms with van der Waals surface area (Å²) in [5, 5.41) is 0. The number of hydrogen-bond acceptors (Lipinski definition) is 9. The van der Waals surface area contributed by atoms with Gasteiger partial charge in [0, 0.05) is 18.4 Å². The second-order valence-corrected chi connectivity index (χ2v) is 22.6. The third-order valence-electron chi connectivity index (χ3n) is 17.7. The molecule has 69 heavy (non-hydrogen) atoms. The van der Waals surface area contributed by atoms with Crippen LogP contribution in [0.3, 0.4) is 0 Å². The van der Waals surface area contributed by atoms with Gasteiger partial charge in [0.1, 0.15) is 23.4 Å². The van der Waals surface area contributed by atoms with Gasteiger partial charge in [0.05, 0.1) is 43.1 Å². The van der Waals surface area contributed by atoms with E-state index in [4.69, 9.17) is 28.4 Å². The van der Waals surface area contributed by atoms with E-state index >= 15 is 0 Å². The number of carbonyl (C=O) groups excluding carboxylic acids is 3. The first-order chi connectivity index (χ1) is 33.3. The van der Waals surface area contributed by atoms with Crippen LogP contribution in [-0.2, 0) is 14.2 Å². The monoisotopic (exact) mass is 945 g/mol. The van der Waals surface area contributed by atoms with Crippen LogP contribution in [0, 0.1) is 51.8 Å². The van der Waals surface area contributed by atoms with Crippen LogP contribution < -0.4 is 14.2 Å². The van der Waals surface area contributed by atoms with E-state index in [1.165, 1.54) is 56.9 Å². The highest BCUT2D eigenvalue weighted by atomic mass is 16.5. The van der Waals surface area contributed by atoms with Crippen molar-refractivity contribution in [3.05, 3.63) is 101 Å². The Morgan fingerprint density at radius 2 is 1.28 bits per heavy atom. The van der Waals surface area contributed by atoms with Gasteiger partial charge in [0.25, 0.3) is 0 Å². The van der Waals surface area contributed by atoms with Crippen molar-refractivity contribution < 1.29 is 42.8 Å². The largest absolute Gasteiger partial charge is 0.494 e. The van der Waals surface area contributed by atoms with Gasteiger partial charge < -0.3 is 28.4 Å². The minimum absolute atomic E-state index is 0.140. The summed E-state index contributed by atoms with van der Waals surface area (Å²) in [7, 11) is 0. The molecule has 3 saturated carbocycles. The lowest BCUT2D eigenvalue weighted by atomic mass is 9.47. The Morgan fingerprint density at radius 3 is 1.87 bits per heavy atom. The van der Waals surface area contributed by atoms with Gasteiger partial charge in [-0.3, -0.25) is 0 Å². The van der Waals surface area contributed by atoms with Crippen LogP contribution in [0.1, 0.15) is 175 Å². The van der Waals surface area contributed by atoms with Gasteiger partial charge in [0.15, 0.2) is 0 Å². The number of carbonyl (C=O) groups is 3. The highest BCUT2D eigenvalue weighted by molar-refractivity contribution is 5.93. The first-order valence-electron chi connectivity index (χ1n) is 26.7. The van der Waals surface area contributed by atoms with E-state index in [1.807, 2.05) is 0 Å². The molecule has 0 aromatic heterocycles. The Kier molecular flexibility index (Phi) is 16.8. The lowest BCUT2D eigenvalue weighted by Gasteiger charge is -2.58. The van der Waals surface area contributed by atoms with Gasteiger partial charge in [-0.2, -0.15) is 0 Å². The van der Waals surface area contributed by atoms with Crippen molar-refractivity contribution in [2.24, 2.45) is 51.8 Å². The topological polar surface area (TPSA) is 107 Å². The molecule has 0 bridgehead atoms. The third-order valence-corrected chi connectivity index (χ3v) is 17.7. The molecule has 5 aliphatic rings. The van der Waals surface area contributed by atoms with E-state index in [9.17, 15) is 14.4 Å². The van der Waals surface area contributed by atoms with Crippen molar-refractivity contribution in [2.75, 3.05) is 33.0 Å². The molecule has 3 aromatic carbocycles. The van der Waals surface area contributed by atoms with Gasteiger partial charge in [-0.05, 0) is 190 Å². The maximum Gasteiger partial charge on any atom is 0.343 e. The summed E-state index contributed by atoms with van der Waals surface area (Å²) in [6, 6.07) is 19.7. The quantitative estimate of drug-likeness (QED) is 0.0421. The number of ether oxygens (including phenoxy) is 6. The summed E-state index contributed by atoms with van der Waals surface area (Å²) in [5.74, 6) is 4.66. The predicted octanol–water partition coefficient (Wildman–Crippen LogP) is 14.1. The van der Waals surface area contributed by atoms with Gasteiger partial charge >= 0.3 is 17.9 Å². The molecule has 9 heteroatoms. The average molecular weight is 945 g/mol. The van der Waals surface area contributed by atoms with Crippen LogP contribution >= 0.6 is 0 Å². The zero-order chi connectivity index (χ0) is 48.6. The lowest BCUT2D eigenvalue weighted by molar-refractivity contribution is -0.150. The van der Waals surface area contributed by atoms with Crippen LogP contribution in [-0.4, -0.2) is 57.0 Å². The Labute approximate surface area is 412 Å². The maximum absolute atomic E-state index is 13.4. The van der Waals surface area contributed by atoms with E-state index in [0.717, 1.165) is 113 Å². The summed E-state index contributed by atoms with van der Waals surface area (Å²) in [6.45, 7) is 18.4. The fourth-order valence-electron chi connectivity index (χ4n) is 13.2. The smallest absolute Gasteiger partial charge is 0.343 e. The Bertz CT molecular complexity index is 2200. The SMILES string of the molecule is CCC1(COCCCCCCOc2ccc(C(=O)Oc3ccc(C(=O)Oc4ccc(C(=O)OC5CCC6(C)C(=CCC7C6CCC6(C)C(C(C)CCCC(C)C)CCC76)C5)cc4)cc3)cc2)COC1. The zero-order valence-corrected chi connectivity index (χ0v) is 42.6. The minimum atomic E-state index is -0.567. The molecule has 1 heterocycles. The van der Waals surface area contributed by atoms with Crippen molar-refractivity contribution >= 4 is 17.9 Å². The van der Waals surface area contributed by atoms with Gasteiger partial charge in [0.2, 0.25) is 0 Å². The Morgan fingerprint density at radius 1 is 0.667 bits per heavy atom. The fraction of sp³-hybridized carbons (Fsp3) is 0.617. The molecular weight excluding hydrogens is 865 g/mol. The van der Waals surface area contributed by atoms with E-state index in [0.29, 0.717) is 46.0 Å². The fourth-order valence-corrected chi connectivity index (χ4v) is 13.2. The van der Waals surface area contributed by atoms with Crippen molar-refractivity contribution in [3.8, 4) is 17.2 Å². The van der Waals surface area contributed by atoms with E-state index < -0.39 is 11.9 Å². The number of benzene rings is 3. The molecule has 8 atom stereocenters. The van der Waals surface area contributed by atoms with Crippen LogP contribution in [0.25, 0.3) is 0 Å². The third kappa shape index (κ3) is 12.0. The second kappa shape index (κ2) is 22.7.